The van der Waals surface area contributed by atoms with E-state index >= 15 is 0 Å². The van der Waals surface area contributed by atoms with Crippen LogP contribution in [-0.2, 0) is 19.4 Å². The molecule has 0 unspecified atom stereocenters. The number of hydrogen-bond acceptors (Lipinski definition) is 6. The van der Waals surface area contributed by atoms with Gasteiger partial charge in [-0.1, -0.05) is 24.3 Å². The topological polar surface area (TPSA) is 105 Å². The van der Waals surface area contributed by atoms with Crippen LogP contribution in [0.3, 0.4) is 0 Å². The van der Waals surface area contributed by atoms with Crippen LogP contribution in [0.15, 0.2) is 59.5 Å². The molecule has 0 aromatic heterocycles. The van der Waals surface area contributed by atoms with E-state index in [1.165, 1.54) is 29.2 Å². The van der Waals surface area contributed by atoms with Crippen molar-refractivity contribution < 1.29 is 22.7 Å². The first kappa shape index (κ1) is 19.1. The van der Waals surface area contributed by atoms with E-state index in [1.54, 1.807) is 30.3 Å². The Morgan fingerprint density at radius 2 is 1.81 bits per heavy atom. The lowest BCUT2D eigenvalue weighted by molar-refractivity contribution is -0.121. The van der Waals surface area contributed by atoms with Crippen molar-refractivity contribution >= 4 is 27.4 Å². The highest BCUT2D eigenvalue weighted by Crippen LogP contribution is 2.14. The molecule has 0 aliphatic heterocycles. The molecular formula is C18H16N2O5S. The summed E-state index contributed by atoms with van der Waals surface area (Å²) in [6.07, 6.45) is 1.03. The first-order valence-electron chi connectivity index (χ1n) is 7.52. The first-order valence-corrected chi connectivity index (χ1v) is 9.41. The van der Waals surface area contributed by atoms with E-state index < -0.39 is 28.3 Å². The number of para-hydroxylation sites is 1. The number of anilines is 1. The van der Waals surface area contributed by atoms with Crippen molar-refractivity contribution in [2.24, 2.45) is 0 Å². The fraction of sp³-hybridized carbons (Fsp3) is 0.167. The Labute approximate surface area is 151 Å². The lowest BCUT2D eigenvalue weighted by Crippen LogP contribution is -2.35. The molecule has 1 amide bonds. The number of esters is 1. The monoisotopic (exact) mass is 372 g/mol. The summed E-state index contributed by atoms with van der Waals surface area (Å²) in [6, 6.07) is 15.8. The minimum atomic E-state index is -3.47. The Bertz CT molecular complexity index is 949. The second kappa shape index (κ2) is 8.27. The lowest BCUT2D eigenvalue weighted by atomic mass is 10.2. The molecule has 0 saturated carbocycles. The number of hydrogen-bond donors (Lipinski definition) is 0. The molecule has 2 rings (SSSR count). The van der Waals surface area contributed by atoms with Gasteiger partial charge in [-0.05, 0) is 30.3 Å². The van der Waals surface area contributed by atoms with Crippen molar-refractivity contribution in [1.29, 1.82) is 5.26 Å². The summed E-state index contributed by atoms with van der Waals surface area (Å²) in [7, 11) is -3.47. The van der Waals surface area contributed by atoms with Gasteiger partial charge in [-0.25, -0.2) is 13.2 Å². The van der Waals surface area contributed by atoms with Crippen LogP contribution in [0, 0.1) is 11.3 Å². The van der Waals surface area contributed by atoms with Gasteiger partial charge in [-0.3, -0.25) is 9.69 Å². The zero-order chi connectivity index (χ0) is 19.2. The van der Waals surface area contributed by atoms with Crippen molar-refractivity contribution in [1.82, 2.24) is 0 Å². The molecule has 0 radical (unpaired) electrons. The first-order chi connectivity index (χ1) is 12.3. The summed E-state index contributed by atoms with van der Waals surface area (Å²) in [5.74, 6) is -1.39. The SMILES string of the molecule is CS(=O)(=O)c1cccc(C(=O)OCC(=O)N(CC#N)c2ccccc2)c1. The molecule has 26 heavy (non-hydrogen) atoms. The number of sulfone groups is 1. The molecule has 134 valence electrons. The molecule has 0 atom stereocenters. The highest BCUT2D eigenvalue weighted by atomic mass is 32.2. The van der Waals surface area contributed by atoms with Gasteiger partial charge in [0.2, 0.25) is 0 Å². The van der Waals surface area contributed by atoms with E-state index in [-0.39, 0.29) is 17.0 Å². The van der Waals surface area contributed by atoms with Crippen LogP contribution < -0.4 is 4.90 Å². The second-order valence-electron chi connectivity index (χ2n) is 5.35. The smallest absolute Gasteiger partial charge is 0.338 e. The van der Waals surface area contributed by atoms with Crippen LogP contribution in [0.1, 0.15) is 10.4 Å². The Hall–Kier alpha value is -3.18. The fourth-order valence-corrected chi connectivity index (χ4v) is 2.81. The van der Waals surface area contributed by atoms with Gasteiger partial charge in [0.15, 0.2) is 16.4 Å². The average Bonchev–Trinajstić information content (AvgIpc) is 2.64. The minimum absolute atomic E-state index is 0.0198. The number of amides is 1. The summed E-state index contributed by atoms with van der Waals surface area (Å²) in [4.78, 5) is 25.6. The van der Waals surface area contributed by atoms with E-state index in [1.807, 2.05) is 6.07 Å². The summed E-state index contributed by atoms with van der Waals surface area (Å²) in [5, 5.41) is 8.90. The standard InChI is InChI=1S/C18H16N2O5S/c1-26(23,24)16-9-5-6-14(12-16)18(22)25-13-17(21)20(11-10-19)15-7-3-2-4-8-15/h2-9,12H,11,13H2,1H3. The molecule has 0 aliphatic carbocycles. The van der Waals surface area contributed by atoms with Crippen LogP contribution in [0.5, 0.6) is 0 Å². The molecule has 0 bridgehead atoms. The van der Waals surface area contributed by atoms with E-state index in [4.69, 9.17) is 10.00 Å². The Morgan fingerprint density at radius 3 is 2.42 bits per heavy atom. The van der Waals surface area contributed by atoms with Gasteiger partial charge in [0.05, 0.1) is 16.5 Å². The number of carbonyl (C=O) groups is 2. The van der Waals surface area contributed by atoms with Crippen LogP contribution in [0.25, 0.3) is 0 Å². The van der Waals surface area contributed by atoms with Crippen molar-refractivity contribution in [3.8, 4) is 6.07 Å². The highest BCUT2D eigenvalue weighted by Gasteiger charge is 2.18. The molecule has 0 spiro atoms. The Morgan fingerprint density at radius 1 is 1.12 bits per heavy atom. The van der Waals surface area contributed by atoms with E-state index in [0.29, 0.717) is 5.69 Å². The fourth-order valence-electron chi connectivity index (χ4n) is 2.14. The molecule has 0 saturated heterocycles. The van der Waals surface area contributed by atoms with Crippen molar-refractivity contribution in [3.05, 3.63) is 60.2 Å². The second-order valence-corrected chi connectivity index (χ2v) is 7.37. The number of carbonyl (C=O) groups excluding carboxylic acids is 2. The summed E-state index contributed by atoms with van der Waals surface area (Å²) in [6.45, 7) is -0.761. The van der Waals surface area contributed by atoms with E-state index in [0.717, 1.165) is 6.26 Å². The van der Waals surface area contributed by atoms with Gasteiger partial charge in [0.25, 0.3) is 5.91 Å². The summed E-state index contributed by atoms with van der Waals surface area (Å²) in [5.41, 5.74) is 0.529. The number of nitrogens with zero attached hydrogens (tertiary/aromatic N) is 2. The molecule has 2 aromatic carbocycles. The lowest BCUT2D eigenvalue weighted by Gasteiger charge is -2.19. The van der Waals surface area contributed by atoms with Crippen LogP contribution >= 0.6 is 0 Å². The normalized spacial score (nSPS) is 10.6. The quantitative estimate of drug-likeness (QED) is 0.566. The number of ether oxygens (including phenoxy) is 1. The molecule has 0 heterocycles. The van der Waals surface area contributed by atoms with Gasteiger partial charge in [-0.15, -0.1) is 0 Å². The van der Waals surface area contributed by atoms with Crippen LogP contribution in [-0.4, -0.2) is 39.7 Å². The molecule has 0 aliphatic rings. The Kier molecular flexibility index (Phi) is 6.09. The van der Waals surface area contributed by atoms with Crippen molar-refractivity contribution in [2.45, 2.75) is 4.90 Å². The van der Waals surface area contributed by atoms with Gasteiger partial charge in [-0.2, -0.15) is 5.26 Å². The highest BCUT2D eigenvalue weighted by molar-refractivity contribution is 7.90. The third-order valence-electron chi connectivity index (χ3n) is 3.42. The summed E-state index contributed by atoms with van der Waals surface area (Å²) < 4.78 is 28.1. The van der Waals surface area contributed by atoms with Gasteiger partial charge in [0, 0.05) is 11.9 Å². The summed E-state index contributed by atoms with van der Waals surface area (Å²) >= 11 is 0. The Balaban J connectivity index is 2.08. The zero-order valence-electron chi connectivity index (χ0n) is 14.0. The zero-order valence-corrected chi connectivity index (χ0v) is 14.8. The van der Waals surface area contributed by atoms with Gasteiger partial charge in [0.1, 0.15) is 6.54 Å². The average molecular weight is 372 g/mol. The maximum Gasteiger partial charge on any atom is 0.338 e. The molecule has 2 aromatic rings. The van der Waals surface area contributed by atoms with Crippen LogP contribution in [0.4, 0.5) is 5.69 Å². The molecule has 8 heteroatoms. The predicted molar refractivity (Wildman–Crippen MR) is 94.2 cm³/mol. The minimum Gasteiger partial charge on any atom is -0.452 e. The maximum atomic E-state index is 12.3. The number of nitriles is 1. The third kappa shape index (κ3) is 4.91. The van der Waals surface area contributed by atoms with Gasteiger partial charge < -0.3 is 4.74 Å². The van der Waals surface area contributed by atoms with Crippen molar-refractivity contribution in [2.75, 3.05) is 24.3 Å². The molecule has 7 nitrogen and oxygen atoms in total. The van der Waals surface area contributed by atoms with E-state index in [9.17, 15) is 18.0 Å². The predicted octanol–water partition coefficient (Wildman–Crippen LogP) is 1.80. The third-order valence-corrected chi connectivity index (χ3v) is 4.53. The molecular weight excluding hydrogens is 356 g/mol. The van der Waals surface area contributed by atoms with Crippen LogP contribution in [0.2, 0.25) is 0 Å². The largest absolute Gasteiger partial charge is 0.452 e. The van der Waals surface area contributed by atoms with Crippen molar-refractivity contribution in [3.63, 3.8) is 0 Å². The molecule has 0 fully saturated rings. The van der Waals surface area contributed by atoms with E-state index in [2.05, 4.69) is 0 Å². The molecule has 0 N–H and O–H groups in total. The number of rotatable bonds is 6. The number of benzene rings is 2. The maximum absolute atomic E-state index is 12.3. The van der Waals surface area contributed by atoms with Gasteiger partial charge >= 0.3 is 5.97 Å².